The van der Waals surface area contributed by atoms with E-state index in [1.165, 1.54) is 11.1 Å². The molecule has 2 aromatic rings. The molecule has 0 radical (unpaired) electrons. The lowest BCUT2D eigenvalue weighted by Crippen LogP contribution is -2.31. The standard InChI is InChI=1S/C19H24FN/c1-3-21-19(12-9-16-7-5-4-6-8-16)14-17-10-11-18(20)13-15(17)2/h4-8,10-11,13,19,21H,3,9,12,14H2,1-2H3. The molecule has 0 heterocycles. The van der Waals surface area contributed by atoms with Gasteiger partial charge in [0.2, 0.25) is 0 Å². The second-order valence-electron chi connectivity index (χ2n) is 5.55. The molecule has 112 valence electrons. The molecule has 0 aliphatic carbocycles. The van der Waals surface area contributed by atoms with Crippen molar-refractivity contribution in [2.75, 3.05) is 6.54 Å². The Morgan fingerprint density at radius 1 is 1.10 bits per heavy atom. The maximum Gasteiger partial charge on any atom is 0.123 e. The summed E-state index contributed by atoms with van der Waals surface area (Å²) in [7, 11) is 0. The lowest BCUT2D eigenvalue weighted by atomic mass is 9.96. The van der Waals surface area contributed by atoms with E-state index >= 15 is 0 Å². The van der Waals surface area contributed by atoms with Crippen LogP contribution in [0.25, 0.3) is 0 Å². The van der Waals surface area contributed by atoms with Crippen LogP contribution in [0.5, 0.6) is 0 Å². The van der Waals surface area contributed by atoms with E-state index in [9.17, 15) is 4.39 Å². The largest absolute Gasteiger partial charge is 0.314 e. The van der Waals surface area contributed by atoms with Crippen molar-refractivity contribution in [3.8, 4) is 0 Å². The van der Waals surface area contributed by atoms with Crippen LogP contribution in [0.15, 0.2) is 48.5 Å². The molecule has 0 aliphatic heterocycles. The monoisotopic (exact) mass is 285 g/mol. The fourth-order valence-electron chi connectivity index (χ4n) is 2.70. The molecule has 2 heteroatoms. The molecule has 1 nitrogen and oxygen atoms in total. The summed E-state index contributed by atoms with van der Waals surface area (Å²) < 4.78 is 13.2. The number of likely N-dealkylation sites (N-methyl/N-ethyl adjacent to an activating group) is 1. The van der Waals surface area contributed by atoms with Gasteiger partial charge in [0.15, 0.2) is 0 Å². The summed E-state index contributed by atoms with van der Waals surface area (Å²) in [5.74, 6) is -0.152. The van der Waals surface area contributed by atoms with E-state index in [-0.39, 0.29) is 5.82 Å². The molecule has 0 saturated carbocycles. The SMILES string of the molecule is CCNC(CCc1ccccc1)Cc1ccc(F)cc1C. The van der Waals surface area contributed by atoms with Crippen LogP contribution in [0.2, 0.25) is 0 Å². The van der Waals surface area contributed by atoms with Gasteiger partial charge in [-0.05, 0) is 61.6 Å². The highest BCUT2D eigenvalue weighted by Crippen LogP contribution is 2.15. The number of hydrogen-bond donors (Lipinski definition) is 1. The third kappa shape index (κ3) is 4.98. The van der Waals surface area contributed by atoms with Crippen molar-refractivity contribution < 1.29 is 4.39 Å². The third-order valence-corrected chi connectivity index (χ3v) is 3.89. The van der Waals surface area contributed by atoms with Crippen LogP contribution in [-0.2, 0) is 12.8 Å². The summed E-state index contributed by atoms with van der Waals surface area (Å²) in [5, 5.41) is 3.55. The van der Waals surface area contributed by atoms with E-state index in [0.717, 1.165) is 31.4 Å². The second kappa shape index (κ2) is 7.94. The summed E-state index contributed by atoms with van der Waals surface area (Å²) in [5.41, 5.74) is 3.64. The lowest BCUT2D eigenvalue weighted by molar-refractivity contribution is 0.490. The topological polar surface area (TPSA) is 12.0 Å². The van der Waals surface area contributed by atoms with Crippen LogP contribution in [-0.4, -0.2) is 12.6 Å². The van der Waals surface area contributed by atoms with E-state index in [4.69, 9.17) is 0 Å². The summed E-state index contributed by atoms with van der Waals surface area (Å²) in [6.07, 6.45) is 3.11. The van der Waals surface area contributed by atoms with Gasteiger partial charge in [-0.25, -0.2) is 4.39 Å². The van der Waals surface area contributed by atoms with Gasteiger partial charge in [-0.1, -0.05) is 43.3 Å². The summed E-state index contributed by atoms with van der Waals surface area (Å²) in [6.45, 7) is 5.07. The van der Waals surface area contributed by atoms with E-state index in [2.05, 4.69) is 36.5 Å². The first-order valence-electron chi connectivity index (χ1n) is 7.71. The second-order valence-corrected chi connectivity index (χ2v) is 5.55. The Bertz CT molecular complexity index is 551. The Kier molecular flexibility index (Phi) is 5.94. The Hall–Kier alpha value is -1.67. The summed E-state index contributed by atoms with van der Waals surface area (Å²) in [4.78, 5) is 0. The van der Waals surface area contributed by atoms with Crippen molar-refractivity contribution in [3.05, 3.63) is 71.0 Å². The predicted octanol–water partition coefficient (Wildman–Crippen LogP) is 4.29. The summed E-state index contributed by atoms with van der Waals surface area (Å²) >= 11 is 0. The zero-order valence-corrected chi connectivity index (χ0v) is 12.9. The average molecular weight is 285 g/mol. The molecule has 1 N–H and O–H groups in total. The van der Waals surface area contributed by atoms with Gasteiger partial charge in [0.1, 0.15) is 5.82 Å². The molecule has 0 spiro atoms. The van der Waals surface area contributed by atoms with Gasteiger partial charge in [0.05, 0.1) is 0 Å². The van der Waals surface area contributed by atoms with E-state index in [0.29, 0.717) is 6.04 Å². The van der Waals surface area contributed by atoms with Crippen molar-refractivity contribution in [1.29, 1.82) is 0 Å². The minimum absolute atomic E-state index is 0.152. The molecule has 0 saturated heterocycles. The Labute approximate surface area is 127 Å². The molecule has 21 heavy (non-hydrogen) atoms. The number of nitrogens with one attached hydrogen (secondary N) is 1. The van der Waals surface area contributed by atoms with Crippen molar-refractivity contribution in [3.63, 3.8) is 0 Å². The highest BCUT2D eigenvalue weighted by Gasteiger charge is 2.10. The number of rotatable bonds is 7. The molecule has 1 unspecified atom stereocenters. The zero-order valence-electron chi connectivity index (χ0n) is 12.9. The van der Waals surface area contributed by atoms with Gasteiger partial charge in [-0.2, -0.15) is 0 Å². The van der Waals surface area contributed by atoms with Crippen LogP contribution in [0.4, 0.5) is 4.39 Å². The van der Waals surface area contributed by atoms with Crippen LogP contribution < -0.4 is 5.32 Å². The maximum atomic E-state index is 13.2. The Balaban J connectivity index is 1.98. The molecule has 0 aromatic heterocycles. The highest BCUT2D eigenvalue weighted by atomic mass is 19.1. The van der Waals surface area contributed by atoms with E-state index in [1.807, 2.05) is 19.1 Å². The van der Waals surface area contributed by atoms with Gasteiger partial charge in [0, 0.05) is 6.04 Å². The van der Waals surface area contributed by atoms with Crippen molar-refractivity contribution in [1.82, 2.24) is 5.32 Å². The first-order valence-corrected chi connectivity index (χ1v) is 7.71. The van der Waals surface area contributed by atoms with E-state index < -0.39 is 0 Å². The smallest absolute Gasteiger partial charge is 0.123 e. The molecule has 0 bridgehead atoms. The number of hydrogen-bond acceptors (Lipinski definition) is 1. The van der Waals surface area contributed by atoms with Gasteiger partial charge >= 0.3 is 0 Å². The average Bonchev–Trinajstić information content (AvgIpc) is 2.49. The predicted molar refractivity (Wildman–Crippen MR) is 87.1 cm³/mol. The van der Waals surface area contributed by atoms with Gasteiger partial charge in [0.25, 0.3) is 0 Å². The number of halogens is 1. The fourth-order valence-corrected chi connectivity index (χ4v) is 2.70. The maximum absolute atomic E-state index is 13.2. The van der Waals surface area contributed by atoms with Crippen LogP contribution in [0, 0.1) is 12.7 Å². The summed E-state index contributed by atoms with van der Waals surface area (Å²) in [6, 6.07) is 16.1. The first kappa shape index (κ1) is 15.7. The van der Waals surface area contributed by atoms with Gasteiger partial charge < -0.3 is 5.32 Å². The molecule has 1 atom stereocenters. The number of benzene rings is 2. The first-order chi connectivity index (χ1) is 10.2. The number of aryl methyl sites for hydroxylation is 2. The lowest BCUT2D eigenvalue weighted by Gasteiger charge is -2.19. The van der Waals surface area contributed by atoms with Crippen LogP contribution >= 0.6 is 0 Å². The van der Waals surface area contributed by atoms with Crippen LogP contribution in [0.3, 0.4) is 0 Å². The normalized spacial score (nSPS) is 12.3. The Morgan fingerprint density at radius 3 is 2.52 bits per heavy atom. The van der Waals surface area contributed by atoms with Crippen molar-refractivity contribution >= 4 is 0 Å². The molecule has 2 rings (SSSR count). The minimum Gasteiger partial charge on any atom is -0.314 e. The molecule has 0 aliphatic rings. The quantitative estimate of drug-likeness (QED) is 0.800. The van der Waals surface area contributed by atoms with Crippen molar-refractivity contribution in [2.45, 2.75) is 39.2 Å². The van der Waals surface area contributed by atoms with Gasteiger partial charge in [-0.15, -0.1) is 0 Å². The van der Waals surface area contributed by atoms with E-state index in [1.54, 1.807) is 12.1 Å². The van der Waals surface area contributed by atoms with Crippen LogP contribution in [0.1, 0.15) is 30.0 Å². The fraction of sp³-hybridized carbons (Fsp3) is 0.368. The molecular weight excluding hydrogens is 261 g/mol. The molecule has 0 fully saturated rings. The van der Waals surface area contributed by atoms with Gasteiger partial charge in [-0.3, -0.25) is 0 Å². The van der Waals surface area contributed by atoms with Crippen molar-refractivity contribution in [2.24, 2.45) is 0 Å². The molecule has 2 aromatic carbocycles. The minimum atomic E-state index is -0.152. The molecular formula is C19H24FN. The third-order valence-electron chi connectivity index (χ3n) is 3.89. The zero-order chi connectivity index (χ0) is 15.1. The highest BCUT2D eigenvalue weighted by molar-refractivity contribution is 5.27. The Morgan fingerprint density at radius 2 is 1.86 bits per heavy atom. The molecule has 0 amide bonds.